The Labute approximate surface area is 137 Å². The molecule has 2 saturated heterocycles. The highest BCUT2D eigenvalue weighted by atomic mass is 16.5. The summed E-state index contributed by atoms with van der Waals surface area (Å²) in [6, 6.07) is 8.12. The van der Waals surface area contributed by atoms with Gasteiger partial charge in [-0.25, -0.2) is 4.79 Å². The summed E-state index contributed by atoms with van der Waals surface area (Å²) in [5.41, 5.74) is 1.97. The van der Waals surface area contributed by atoms with Crippen molar-refractivity contribution < 1.29 is 14.6 Å². The highest BCUT2D eigenvalue weighted by Gasteiger charge is 2.53. The fraction of sp³-hybridized carbons (Fsp3) is 0.632. The van der Waals surface area contributed by atoms with E-state index in [4.69, 9.17) is 4.74 Å². The van der Waals surface area contributed by atoms with E-state index in [1.165, 1.54) is 32.1 Å². The molecule has 23 heavy (non-hydrogen) atoms. The molecule has 4 rings (SSSR count). The van der Waals surface area contributed by atoms with Crippen molar-refractivity contribution in [2.45, 2.75) is 44.7 Å². The smallest absolute Gasteiger partial charge is 0.335 e. The normalized spacial score (nSPS) is 29.7. The molecule has 0 amide bonds. The Balaban J connectivity index is 1.55. The van der Waals surface area contributed by atoms with Gasteiger partial charge >= 0.3 is 5.97 Å². The van der Waals surface area contributed by atoms with Gasteiger partial charge in [-0.1, -0.05) is 18.6 Å². The highest BCUT2D eigenvalue weighted by Crippen LogP contribution is 2.54. The maximum atomic E-state index is 11.2. The molecule has 1 aromatic rings. The van der Waals surface area contributed by atoms with E-state index in [2.05, 4.69) is 11.0 Å². The van der Waals surface area contributed by atoms with E-state index in [0.29, 0.717) is 17.0 Å². The first-order chi connectivity index (χ1) is 11.2. The zero-order valence-electron chi connectivity index (χ0n) is 13.5. The average molecular weight is 315 g/mol. The summed E-state index contributed by atoms with van der Waals surface area (Å²) < 4.78 is 5.62. The second-order valence-electron chi connectivity index (χ2n) is 7.49. The highest BCUT2D eigenvalue weighted by molar-refractivity contribution is 5.87. The fourth-order valence-electron chi connectivity index (χ4n) is 5.25. The first-order valence-electron chi connectivity index (χ1n) is 8.82. The van der Waals surface area contributed by atoms with Crippen molar-refractivity contribution in [1.82, 2.24) is 4.90 Å². The molecule has 2 atom stereocenters. The summed E-state index contributed by atoms with van der Waals surface area (Å²) >= 11 is 0. The maximum Gasteiger partial charge on any atom is 0.335 e. The van der Waals surface area contributed by atoms with Crippen molar-refractivity contribution in [2.24, 2.45) is 11.3 Å². The topological polar surface area (TPSA) is 49.8 Å². The quantitative estimate of drug-likeness (QED) is 0.931. The third kappa shape index (κ3) is 2.68. The summed E-state index contributed by atoms with van der Waals surface area (Å²) in [6.07, 6.45) is 6.38. The molecule has 1 saturated carbocycles. The molecule has 2 heterocycles. The predicted octanol–water partition coefficient (Wildman–Crippen LogP) is 3.17. The summed E-state index contributed by atoms with van der Waals surface area (Å²) in [4.78, 5) is 13.8. The minimum absolute atomic E-state index is 0.394. The van der Waals surface area contributed by atoms with Crippen LogP contribution in [0.3, 0.4) is 0 Å². The summed E-state index contributed by atoms with van der Waals surface area (Å²) in [5, 5.41) is 9.19. The molecule has 2 aliphatic heterocycles. The van der Waals surface area contributed by atoms with Crippen molar-refractivity contribution in [2.75, 3.05) is 19.8 Å². The number of fused-ring (bicyclic) bond motifs is 2. The van der Waals surface area contributed by atoms with E-state index >= 15 is 0 Å². The standard InChI is InChI=1S/C19H25NO3/c21-18(22)15-4-1-3-14(11-15)12-20-13-19(7-9-23-10-8-19)16-5-2-6-17(16)20/h1,3-4,11,16-17H,2,5-10,12-13H2,(H,21,22)/t16-,17+/m1/s1. The van der Waals surface area contributed by atoms with Gasteiger partial charge in [-0.3, -0.25) is 4.90 Å². The van der Waals surface area contributed by atoms with E-state index in [1.54, 1.807) is 6.07 Å². The number of carbonyl (C=O) groups is 1. The molecule has 0 aromatic heterocycles. The number of hydrogen-bond donors (Lipinski definition) is 1. The monoisotopic (exact) mass is 315 g/mol. The van der Waals surface area contributed by atoms with Crippen LogP contribution in [0.15, 0.2) is 24.3 Å². The molecule has 1 aromatic carbocycles. The molecule has 124 valence electrons. The van der Waals surface area contributed by atoms with Crippen molar-refractivity contribution in [3.05, 3.63) is 35.4 Å². The molecule has 0 unspecified atom stereocenters. The number of carboxylic acids is 1. The van der Waals surface area contributed by atoms with Gasteiger partial charge in [0.25, 0.3) is 0 Å². The second-order valence-corrected chi connectivity index (χ2v) is 7.49. The number of likely N-dealkylation sites (tertiary alicyclic amines) is 1. The van der Waals surface area contributed by atoms with Crippen LogP contribution in [0.4, 0.5) is 0 Å². The number of aromatic carboxylic acids is 1. The lowest BCUT2D eigenvalue weighted by Crippen LogP contribution is -2.36. The van der Waals surface area contributed by atoms with Crippen molar-refractivity contribution >= 4 is 5.97 Å². The molecule has 0 bridgehead atoms. The minimum atomic E-state index is -0.840. The van der Waals surface area contributed by atoms with Crippen molar-refractivity contribution in [3.8, 4) is 0 Å². The Morgan fingerprint density at radius 3 is 2.91 bits per heavy atom. The molecule has 0 radical (unpaired) electrons. The number of rotatable bonds is 3. The Bertz CT molecular complexity index is 594. The van der Waals surface area contributed by atoms with Gasteiger partial charge in [0.2, 0.25) is 0 Å². The second kappa shape index (κ2) is 5.91. The first kappa shape index (κ1) is 15.2. The summed E-state index contributed by atoms with van der Waals surface area (Å²) in [6.45, 7) is 3.85. The molecular weight excluding hydrogens is 290 g/mol. The van der Waals surface area contributed by atoms with Gasteiger partial charge in [0.05, 0.1) is 5.56 Å². The van der Waals surface area contributed by atoms with Crippen LogP contribution < -0.4 is 0 Å². The third-order valence-electron chi connectivity index (χ3n) is 6.30. The number of hydrogen-bond acceptors (Lipinski definition) is 3. The lowest BCUT2D eigenvalue weighted by molar-refractivity contribution is -0.00134. The fourth-order valence-corrected chi connectivity index (χ4v) is 5.25. The van der Waals surface area contributed by atoms with Crippen LogP contribution in [-0.2, 0) is 11.3 Å². The summed E-state index contributed by atoms with van der Waals surface area (Å²) in [7, 11) is 0. The number of ether oxygens (including phenoxy) is 1. The number of nitrogens with zero attached hydrogens (tertiary/aromatic N) is 1. The van der Waals surface area contributed by atoms with Gasteiger partial charge in [-0.05, 0) is 54.7 Å². The van der Waals surface area contributed by atoms with E-state index < -0.39 is 5.97 Å². The van der Waals surface area contributed by atoms with Crippen molar-refractivity contribution in [3.63, 3.8) is 0 Å². The van der Waals surface area contributed by atoms with Gasteiger partial charge in [0.15, 0.2) is 0 Å². The average Bonchev–Trinajstić information content (AvgIpc) is 3.14. The molecule has 4 heteroatoms. The van der Waals surface area contributed by atoms with Crippen LogP contribution in [0.2, 0.25) is 0 Å². The predicted molar refractivity (Wildman–Crippen MR) is 87.4 cm³/mol. The Kier molecular flexibility index (Phi) is 3.90. The molecule has 1 N–H and O–H groups in total. The Hall–Kier alpha value is -1.39. The van der Waals surface area contributed by atoms with E-state index in [9.17, 15) is 9.90 Å². The minimum Gasteiger partial charge on any atom is -0.478 e. The summed E-state index contributed by atoms with van der Waals surface area (Å²) in [5.74, 6) is -0.0260. The first-order valence-corrected chi connectivity index (χ1v) is 8.82. The van der Waals surface area contributed by atoms with Crippen molar-refractivity contribution in [1.29, 1.82) is 0 Å². The number of carboxylic acid groups (broad SMARTS) is 1. The lowest BCUT2D eigenvalue weighted by atomic mass is 9.71. The van der Waals surface area contributed by atoms with Gasteiger partial charge < -0.3 is 9.84 Å². The molecule has 3 fully saturated rings. The zero-order valence-corrected chi connectivity index (χ0v) is 13.5. The van der Waals surface area contributed by atoms with Crippen LogP contribution in [0.1, 0.15) is 48.0 Å². The van der Waals surface area contributed by atoms with Crippen LogP contribution >= 0.6 is 0 Å². The molecule has 1 aliphatic carbocycles. The SMILES string of the molecule is O=C(O)c1cccc(CN2CC3(CCOCC3)[C@@H]3CCC[C@@H]32)c1. The van der Waals surface area contributed by atoms with Gasteiger partial charge in [0, 0.05) is 32.3 Å². The number of benzene rings is 1. The molecule has 3 aliphatic rings. The van der Waals surface area contributed by atoms with Crippen LogP contribution in [-0.4, -0.2) is 41.8 Å². The zero-order chi connectivity index (χ0) is 15.9. The molecule has 4 nitrogen and oxygen atoms in total. The van der Waals surface area contributed by atoms with Gasteiger partial charge in [0.1, 0.15) is 0 Å². The third-order valence-corrected chi connectivity index (χ3v) is 6.30. The van der Waals surface area contributed by atoms with Crippen LogP contribution in [0, 0.1) is 11.3 Å². The van der Waals surface area contributed by atoms with Crippen LogP contribution in [0.25, 0.3) is 0 Å². The van der Waals surface area contributed by atoms with E-state index in [1.807, 2.05) is 12.1 Å². The molecule has 1 spiro atoms. The largest absolute Gasteiger partial charge is 0.478 e. The van der Waals surface area contributed by atoms with E-state index in [-0.39, 0.29) is 0 Å². The maximum absolute atomic E-state index is 11.2. The molecular formula is C19H25NO3. The Morgan fingerprint density at radius 2 is 2.13 bits per heavy atom. The van der Waals surface area contributed by atoms with Crippen LogP contribution in [0.5, 0.6) is 0 Å². The van der Waals surface area contributed by atoms with E-state index in [0.717, 1.165) is 37.8 Å². The van der Waals surface area contributed by atoms with Gasteiger partial charge in [-0.2, -0.15) is 0 Å². The Morgan fingerprint density at radius 1 is 1.30 bits per heavy atom. The lowest BCUT2D eigenvalue weighted by Gasteiger charge is -2.37. The van der Waals surface area contributed by atoms with Gasteiger partial charge in [-0.15, -0.1) is 0 Å².